The molecule has 0 radical (unpaired) electrons. The summed E-state index contributed by atoms with van der Waals surface area (Å²) in [5.41, 5.74) is 2.70. The summed E-state index contributed by atoms with van der Waals surface area (Å²) in [7, 11) is 1.56. The third-order valence-corrected chi connectivity index (χ3v) is 5.10. The molecular formula is C24H19N3O5. The molecule has 0 aliphatic heterocycles. The summed E-state index contributed by atoms with van der Waals surface area (Å²) in [4.78, 5) is 12.8. The van der Waals surface area contributed by atoms with E-state index in [4.69, 9.17) is 18.3 Å². The molecule has 8 nitrogen and oxygen atoms in total. The number of carbonyl (C=O) groups excluding carboxylic acids is 1. The smallest absolute Gasteiger partial charge is 0.265 e. The van der Waals surface area contributed by atoms with E-state index in [0.717, 1.165) is 21.9 Å². The second kappa shape index (κ2) is 8.07. The van der Waals surface area contributed by atoms with Crippen LogP contribution in [0.5, 0.6) is 11.5 Å². The first-order valence-corrected chi connectivity index (χ1v) is 9.96. The number of benzene rings is 3. The maximum absolute atomic E-state index is 12.8. The zero-order valence-electron chi connectivity index (χ0n) is 17.4. The Morgan fingerprint density at radius 1 is 1.03 bits per heavy atom. The summed E-state index contributed by atoms with van der Waals surface area (Å²) in [6, 6.07) is 18.4. The Bertz CT molecular complexity index is 1390. The van der Waals surface area contributed by atoms with Gasteiger partial charge in [-0.05, 0) is 43.3 Å². The highest BCUT2D eigenvalue weighted by atomic mass is 16.5. The Kier molecular flexibility index (Phi) is 4.95. The number of nitrogens with one attached hydrogen (secondary N) is 1. The Morgan fingerprint density at radius 3 is 2.59 bits per heavy atom. The molecule has 8 heteroatoms. The van der Waals surface area contributed by atoms with Crippen molar-refractivity contribution in [2.24, 2.45) is 0 Å². The van der Waals surface area contributed by atoms with Gasteiger partial charge in [0.25, 0.3) is 5.91 Å². The zero-order chi connectivity index (χ0) is 22.1. The number of nitrogens with zero attached hydrogens (tertiary/aromatic N) is 2. The molecule has 0 aliphatic carbocycles. The number of hydrogen-bond acceptors (Lipinski definition) is 7. The number of ether oxygens (including phenoxy) is 2. The highest BCUT2D eigenvalue weighted by Crippen LogP contribution is 2.36. The second-order valence-corrected chi connectivity index (χ2v) is 7.16. The molecule has 0 saturated carbocycles. The van der Waals surface area contributed by atoms with E-state index in [9.17, 15) is 4.79 Å². The molecule has 1 unspecified atom stereocenters. The van der Waals surface area contributed by atoms with E-state index in [1.54, 1.807) is 44.4 Å². The molecule has 1 atom stereocenters. The summed E-state index contributed by atoms with van der Waals surface area (Å²) in [6.07, 6.45) is 0.517. The van der Waals surface area contributed by atoms with E-state index in [1.807, 2.05) is 30.3 Å². The van der Waals surface area contributed by atoms with E-state index in [0.29, 0.717) is 28.7 Å². The fourth-order valence-corrected chi connectivity index (χ4v) is 3.48. The molecule has 0 aliphatic rings. The predicted octanol–water partition coefficient (Wildman–Crippen LogP) is 5.05. The Morgan fingerprint density at radius 2 is 1.84 bits per heavy atom. The number of para-hydroxylation sites is 1. The first kappa shape index (κ1) is 19.6. The number of anilines is 1. The predicted molar refractivity (Wildman–Crippen MR) is 119 cm³/mol. The molecule has 160 valence electrons. The molecule has 0 saturated heterocycles. The average Bonchev–Trinajstić information content (AvgIpc) is 3.47. The molecule has 0 fully saturated rings. The lowest BCUT2D eigenvalue weighted by Crippen LogP contribution is -2.30. The maximum atomic E-state index is 12.8. The van der Waals surface area contributed by atoms with Gasteiger partial charge in [0.05, 0.1) is 12.8 Å². The van der Waals surface area contributed by atoms with Crippen LogP contribution >= 0.6 is 0 Å². The normalized spacial score (nSPS) is 12.1. The highest BCUT2D eigenvalue weighted by molar-refractivity contribution is 6.08. The number of furan rings is 1. The van der Waals surface area contributed by atoms with Crippen LogP contribution in [0.25, 0.3) is 33.4 Å². The third-order valence-electron chi connectivity index (χ3n) is 5.10. The van der Waals surface area contributed by atoms with Crippen LogP contribution in [-0.4, -0.2) is 29.3 Å². The van der Waals surface area contributed by atoms with Gasteiger partial charge in [-0.25, -0.2) is 0 Å². The van der Waals surface area contributed by atoms with Gasteiger partial charge in [0.1, 0.15) is 22.7 Å². The van der Waals surface area contributed by atoms with Crippen LogP contribution in [0.1, 0.15) is 6.92 Å². The van der Waals surface area contributed by atoms with Gasteiger partial charge in [0.15, 0.2) is 6.10 Å². The monoisotopic (exact) mass is 429 g/mol. The lowest BCUT2D eigenvalue weighted by molar-refractivity contribution is -0.122. The zero-order valence-corrected chi connectivity index (χ0v) is 17.4. The number of methoxy groups -OCH3 is 1. The van der Waals surface area contributed by atoms with Crippen LogP contribution in [-0.2, 0) is 4.79 Å². The van der Waals surface area contributed by atoms with Gasteiger partial charge in [-0.2, -0.15) is 0 Å². The van der Waals surface area contributed by atoms with Gasteiger partial charge in [0, 0.05) is 22.4 Å². The molecule has 1 amide bonds. The summed E-state index contributed by atoms with van der Waals surface area (Å²) < 4.78 is 22.4. The second-order valence-electron chi connectivity index (χ2n) is 7.16. The van der Waals surface area contributed by atoms with Gasteiger partial charge in [-0.3, -0.25) is 4.79 Å². The standard InChI is InChI=1S/C24H19N3O5/c1-14(31-16-9-7-15(8-10-16)24-27-25-13-30-24)23(28)26-19-12-21-18(11-22(19)29-2)17-5-3-4-6-20(17)32-21/h3-14H,1-2H3,(H,26,28). The van der Waals surface area contributed by atoms with Crippen LogP contribution in [0.4, 0.5) is 5.69 Å². The highest BCUT2D eigenvalue weighted by Gasteiger charge is 2.19. The number of fused-ring (bicyclic) bond motifs is 3. The maximum Gasteiger partial charge on any atom is 0.265 e. The lowest BCUT2D eigenvalue weighted by atomic mass is 10.1. The fourth-order valence-electron chi connectivity index (χ4n) is 3.48. The van der Waals surface area contributed by atoms with Crippen LogP contribution in [0.3, 0.4) is 0 Å². The van der Waals surface area contributed by atoms with E-state index in [2.05, 4.69) is 15.5 Å². The molecule has 1 N–H and O–H groups in total. The molecule has 0 bridgehead atoms. The van der Waals surface area contributed by atoms with Crippen LogP contribution in [0.15, 0.2) is 75.9 Å². The lowest BCUT2D eigenvalue weighted by Gasteiger charge is -2.16. The number of amides is 1. The minimum atomic E-state index is -0.750. The van der Waals surface area contributed by atoms with Crippen molar-refractivity contribution in [3.63, 3.8) is 0 Å². The number of aromatic nitrogens is 2. The molecular weight excluding hydrogens is 410 g/mol. The Labute approximate surface area is 182 Å². The first-order valence-electron chi connectivity index (χ1n) is 9.96. The van der Waals surface area contributed by atoms with Crippen molar-refractivity contribution in [2.45, 2.75) is 13.0 Å². The summed E-state index contributed by atoms with van der Waals surface area (Å²) in [5.74, 6) is 1.17. The number of rotatable bonds is 6. The van der Waals surface area contributed by atoms with E-state index in [1.165, 1.54) is 6.39 Å². The molecule has 2 heterocycles. The SMILES string of the molecule is COc1cc2c(cc1NC(=O)C(C)Oc1ccc(-c3nnco3)cc1)oc1ccccc12. The molecule has 5 aromatic rings. The van der Waals surface area contributed by atoms with Gasteiger partial charge in [0.2, 0.25) is 12.3 Å². The molecule has 5 rings (SSSR count). The van der Waals surface area contributed by atoms with Gasteiger partial charge in [-0.15, -0.1) is 10.2 Å². The Hall–Kier alpha value is -4.33. The third kappa shape index (κ3) is 3.62. The van der Waals surface area contributed by atoms with E-state index >= 15 is 0 Å². The summed E-state index contributed by atoms with van der Waals surface area (Å²) in [6.45, 7) is 1.67. The fraction of sp³-hybridized carbons (Fsp3) is 0.125. The summed E-state index contributed by atoms with van der Waals surface area (Å²) in [5, 5.41) is 12.3. The van der Waals surface area contributed by atoms with Crippen molar-refractivity contribution < 1.29 is 23.1 Å². The minimum absolute atomic E-state index is 0.320. The van der Waals surface area contributed by atoms with Gasteiger partial charge < -0.3 is 23.6 Å². The quantitative estimate of drug-likeness (QED) is 0.403. The first-order chi connectivity index (χ1) is 15.6. The Balaban J connectivity index is 1.34. The van der Waals surface area contributed by atoms with Crippen LogP contribution < -0.4 is 14.8 Å². The van der Waals surface area contributed by atoms with Crippen molar-refractivity contribution >= 4 is 33.5 Å². The minimum Gasteiger partial charge on any atom is -0.495 e. The average molecular weight is 429 g/mol. The van der Waals surface area contributed by atoms with Crippen molar-refractivity contribution in [3.05, 3.63) is 67.1 Å². The van der Waals surface area contributed by atoms with E-state index < -0.39 is 6.10 Å². The largest absolute Gasteiger partial charge is 0.495 e. The van der Waals surface area contributed by atoms with Crippen LogP contribution in [0.2, 0.25) is 0 Å². The van der Waals surface area contributed by atoms with Gasteiger partial charge >= 0.3 is 0 Å². The molecule has 32 heavy (non-hydrogen) atoms. The molecule has 0 spiro atoms. The van der Waals surface area contributed by atoms with Crippen molar-refractivity contribution in [1.82, 2.24) is 10.2 Å². The van der Waals surface area contributed by atoms with Crippen molar-refractivity contribution in [1.29, 1.82) is 0 Å². The topological polar surface area (TPSA) is 99.6 Å². The van der Waals surface area contributed by atoms with Crippen molar-refractivity contribution in [3.8, 4) is 23.0 Å². The number of carbonyl (C=O) groups is 1. The van der Waals surface area contributed by atoms with Gasteiger partial charge in [-0.1, -0.05) is 18.2 Å². The van der Waals surface area contributed by atoms with Crippen LogP contribution in [0, 0.1) is 0 Å². The van der Waals surface area contributed by atoms with E-state index in [-0.39, 0.29) is 5.91 Å². The van der Waals surface area contributed by atoms with Crippen molar-refractivity contribution in [2.75, 3.05) is 12.4 Å². The number of hydrogen-bond donors (Lipinski definition) is 1. The summed E-state index contributed by atoms with van der Waals surface area (Å²) >= 11 is 0. The molecule has 3 aromatic carbocycles. The molecule has 2 aromatic heterocycles.